The van der Waals surface area contributed by atoms with Crippen molar-refractivity contribution in [3.63, 3.8) is 0 Å². The van der Waals surface area contributed by atoms with Gasteiger partial charge < -0.3 is 21.1 Å². The number of aliphatic carboxylic acids is 1. The van der Waals surface area contributed by atoms with E-state index in [1.807, 2.05) is 0 Å². The fourth-order valence-electron chi connectivity index (χ4n) is 2.88. The molecule has 2 aromatic rings. The second-order valence-electron chi connectivity index (χ2n) is 6.38. The molecule has 0 bridgehead atoms. The molecule has 0 spiro atoms. The molecule has 3 amide bonds. The molecule has 1 aliphatic rings. The molecule has 0 radical (unpaired) electrons. The number of benzene rings is 2. The first-order valence-electron chi connectivity index (χ1n) is 8.76. The normalized spacial score (nSPS) is 12.9. The zero-order valence-electron chi connectivity index (χ0n) is 15.0. The Bertz CT molecular complexity index is 937. The molecule has 0 atom stereocenters. The minimum absolute atomic E-state index is 0.0246. The van der Waals surface area contributed by atoms with E-state index in [-0.39, 0.29) is 11.8 Å². The predicted molar refractivity (Wildman–Crippen MR) is 102 cm³/mol. The number of amides is 3. The van der Waals surface area contributed by atoms with Crippen molar-refractivity contribution in [1.82, 2.24) is 5.32 Å². The van der Waals surface area contributed by atoms with Gasteiger partial charge in [0.15, 0.2) is 0 Å². The quantitative estimate of drug-likeness (QED) is 0.631. The first kappa shape index (κ1) is 19.1. The molecule has 2 aromatic carbocycles. The summed E-state index contributed by atoms with van der Waals surface area (Å²) in [6.07, 6.45) is 1.91. The van der Waals surface area contributed by atoms with Crippen LogP contribution in [0.4, 0.5) is 11.4 Å². The lowest BCUT2D eigenvalue weighted by Gasteiger charge is -2.10. The van der Waals surface area contributed by atoms with E-state index < -0.39 is 18.4 Å². The predicted octanol–water partition coefficient (Wildman–Crippen LogP) is 2.03. The molecule has 8 nitrogen and oxygen atoms in total. The number of rotatable bonds is 5. The second kappa shape index (κ2) is 8.34. The Balaban J connectivity index is 1.66. The first-order valence-corrected chi connectivity index (χ1v) is 8.76. The van der Waals surface area contributed by atoms with Gasteiger partial charge in [0.1, 0.15) is 6.54 Å². The Morgan fingerprint density at radius 3 is 2.39 bits per heavy atom. The van der Waals surface area contributed by atoms with Crippen LogP contribution in [0.2, 0.25) is 0 Å². The van der Waals surface area contributed by atoms with E-state index in [0.29, 0.717) is 23.2 Å². The van der Waals surface area contributed by atoms with Gasteiger partial charge in [0, 0.05) is 28.9 Å². The number of carboxylic acid groups (broad SMARTS) is 1. The summed E-state index contributed by atoms with van der Waals surface area (Å²) in [7, 11) is 0. The number of carbonyl (C=O) groups is 4. The van der Waals surface area contributed by atoms with Crippen molar-refractivity contribution in [3.8, 4) is 0 Å². The van der Waals surface area contributed by atoms with E-state index in [9.17, 15) is 19.2 Å². The van der Waals surface area contributed by atoms with Crippen LogP contribution in [0.15, 0.2) is 42.5 Å². The highest BCUT2D eigenvalue weighted by Crippen LogP contribution is 2.23. The van der Waals surface area contributed by atoms with Crippen molar-refractivity contribution in [3.05, 3.63) is 59.2 Å². The number of aryl methyl sites for hydroxylation is 1. The number of hydrogen-bond acceptors (Lipinski definition) is 4. The van der Waals surface area contributed by atoms with Crippen LogP contribution in [0, 0.1) is 0 Å². The van der Waals surface area contributed by atoms with Gasteiger partial charge in [-0.3, -0.25) is 19.2 Å². The molecule has 0 aromatic heterocycles. The van der Waals surface area contributed by atoms with E-state index in [1.54, 1.807) is 30.3 Å². The lowest BCUT2D eigenvalue weighted by Crippen LogP contribution is -2.29. The summed E-state index contributed by atoms with van der Waals surface area (Å²) in [4.78, 5) is 46.4. The number of anilines is 2. The average Bonchev–Trinajstić information content (AvgIpc) is 2.86. The van der Waals surface area contributed by atoms with Gasteiger partial charge in [-0.15, -0.1) is 0 Å². The molecule has 8 heteroatoms. The molecule has 0 fully saturated rings. The number of carbonyl (C=O) groups excluding carboxylic acids is 3. The van der Waals surface area contributed by atoms with E-state index in [2.05, 4.69) is 16.0 Å². The van der Waals surface area contributed by atoms with Gasteiger partial charge in [-0.1, -0.05) is 0 Å². The maximum Gasteiger partial charge on any atom is 0.322 e. The Labute approximate surface area is 160 Å². The minimum Gasteiger partial charge on any atom is -0.480 e. The van der Waals surface area contributed by atoms with Gasteiger partial charge in [-0.25, -0.2) is 0 Å². The van der Waals surface area contributed by atoms with Crippen molar-refractivity contribution >= 4 is 35.1 Å². The van der Waals surface area contributed by atoms with Crippen LogP contribution >= 0.6 is 0 Å². The summed E-state index contributed by atoms with van der Waals surface area (Å²) in [6, 6.07) is 11.3. The van der Waals surface area contributed by atoms with Crippen molar-refractivity contribution in [1.29, 1.82) is 0 Å². The lowest BCUT2D eigenvalue weighted by atomic mass is 10.0. The van der Waals surface area contributed by atoms with Crippen LogP contribution in [0.5, 0.6) is 0 Å². The lowest BCUT2D eigenvalue weighted by molar-refractivity contribution is -0.135. The van der Waals surface area contributed by atoms with Crippen molar-refractivity contribution in [2.24, 2.45) is 0 Å². The van der Waals surface area contributed by atoms with E-state index in [0.717, 1.165) is 24.1 Å². The van der Waals surface area contributed by atoms with Crippen LogP contribution in [-0.2, 0) is 16.0 Å². The van der Waals surface area contributed by atoms with Crippen LogP contribution in [0.25, 0.3) is 0 Å². The summed E-state index contributed by atoms with van der Waals surface area (Å²) in [6.45, 7) is -0.462. The second-order valence-corrected chi connectivity index (χ2v) is 6.38. The standard InChI is InChI=1S/C20H19N3O5/c24-17-3-1-2-13-10-14(6-9-16(13)23-17)20(28)22-15-7-4-12(5-8-15)19(27)21-11-18(25)26/h4-10H,1-3,11H2,(H,21,27)(H,22,28)(H,23,24)(H,25,26). The zero-order valence-corrected chi connectivity index (χ0v) is 15.0. The molecule has 0 saturated carbocycles. The third-order valence-corrected chi connectivity index (χ3v) is 4.30. The third kappa shape index (κ3) is 4.73. The molecule has 0 saturated heterocycles. The summed E-state index contributed by atoms with van der Waals surface area (Å²) in [5.41, 5.74) is 2.92. The van der Waals surface area contributed by atoms with E-state index >= 15 is 0 Å². The smallest absolute Gasteiger partial charge is 0.322 e. The summed E-state index contributed by atoms with van der Waals surface area (Å²) < 4.78 is 0. The third-order valence-electron chi connectivity index (χ3n) is 4.30. The van der Waals surface area contributed by atoms with E-state index in [1.165, 1.54) is 12.1 Å². The molecule has 1 heterocycles. The zero-order chi connectivity index (χ0) is 20.1. The molecule has 144 valence electrons. The summed E-state index contributed by atoms with van der Waals surface area (Å²) in [5.74, 6) is -1.96. The van der Waals surface area contributed by atoms with Crippen molar-refractivity contribution < 1.29 is 24.3 Å². The molecule has 0 unspecified atom stereocenters. The molecule has 28 heavy (non-hydrogen) atoms. The first-order chi connectivity index (χ1) is 13.4. The number of carboxylic acids is 1. The molecule has 4 N–H and O–H groups in total. The fraction of sp³-hybridized carbons (Fsp3) is 0.200. The van der Waals surface area contributed by atoms with Crippen LogP contribution in [0.3, 0.4) is 0 Å². The number of fused-ring (bicyclic) bond motifs is 1. The van der Waals surface area contributed by atoms with Crippen LogP contribution in [0.1, 0.15) is 39.1 Å². The van der Waals surface area contributed by atoms with Gasteiger partial charge in [0.2, 0.25) is 5.91 Å². The SMILES string of the molecule is O=C(O)CNC(=O)c1ccc(NC(=O)c2ccc3c(c2)CCCC(=O)N3)cc1. The molecule has 1 aliphatic heterocycles. The molecular formula is C20H19N3O5. The van der Waals surface area contributed by atoms with Crippen LogP contribution < -0.4 is 16.0 Å². The highest BCUT2D eigenvalue weighted by molar-refractivity contribution is 6.05. The van der Waals surface area contributed by atoms with Crippen molar-refractivity contribution in [2.75, 3.05) is 17.2 Å². The number of nitrogens with one attached hydrogen (secondary N) is 3. The van der Waals surface area contributed by atoms with Crippen LogP contribution in [-0.4, -0.2) is 35.3 Å². The largest absolute Gasteiger partial charge is 0.480 e. The topological polar surface area (TPSA) is 125 Å². The molecule has 0 aliphatic carbocycles. The van der Waals surface area contributed by atoms with Gasteiger partial charge >= 0.3 is 5.97 Å². The maximum atomic E-state index is 12.5. The molecular weight excluding hydrogens is 362 g/mol. The Kier molecular flexibility index (Phi) is 5.69. The van der Waals surface area contributed by atoms with Gasteiger partial charge in [0.05, 0.1) is 0 Å². The Morgan fingerprint density at radius 2 is 1.68 bits per heavy atom. The van der Waals surface area contributed by atoms with Gasteiger partial charge in [-0.2, -0.15) is 0 Å². The van der Waals surface area contributed by atoms with E-state index in [4.69, 9.17) is 5.11 Å². The number of hydrogen-bond donors (Lipinski definition) is 4. The monoisotopic (exact) mass is 381 g/mol. The van der Waals surface area contributed by atoms with Crippen molar-refractivity contribution in [2.45, 2.75) is 19.3 Å². The summed E-state index contributed by atoms with van der Waals surface area (Å²) >= 11 is 0. The fourth-order valence-corrected chi connectivity index (χ4v) is 2.88. The minimum atomic E-state index is -1.13. The average molecular weight is 381 g/mol. The Hall–Kier alpha value is -3.68. The summed E-state index contributed by atoms with van der Waals surface area (Å²) in [5, 5.41) is 16.4. The van der Waals surface area contributed by atoms with Gasteiger partial charge in [-0.05, 0) is 60.9 Å². The molecule has 3 rings (SSSR count). The Morgan fingerprint density at radius 1 is 0.964 bits per heavy atom. The van der Waals surface area contributed by atoms with Gasteiger partial charge in [0.25, 0.3) is 11.8 Å². The highest BCUT2D eigenvalue weighted by atomic mass is 16.4. The highest BCUT2D eigenvalue weighted by Gasteiger charge is 2.15. The maximum absolute atomic E-state index is 12.5.